The molecule has 128 valence electrons. The van der Waals surface area contributed by atoms with Crippen LogP contribution in [0.15, 0.2) is 0 Å². The summed E-state index contributed by atoms with van der Waals surface area (Å²) in [5.41, 5.74) is 3.41. The van der Waals surface area contributed by atoms with E-state index in [2.05, 4.69) is 19.2 Å². The van der Waals surface area contributed by atoms with Gasteiger partial charge in [-0.25, -0.2) is 0 Å². The molecule has 0 heterocycles. The van der Waals surface area contributed by atoms with E-state index in [1.54, 1.807) is 20.8 Å². The van der Waals surface area contributed by atoms with E-state index < -0.39 is 35.2 Å². The number of carbonyl (C=O) groups excluding carboxylic acids is 3. The first kappa shape index (κ1) is 20.6. The highest BCUT2D eigenvalue weighted by Crippen LogP contribution is 2.18. The Kier molecular flexibility index (Phi) is 7.73. The number of carbonyl (C=O) groups is 3. The number of esters is 1. The number of ether oxygens (including phenoxy) is 1. The molecule has 1 atom stereocenters. The fraction of sp³-hybridized carbons (Fsp3) is 0.812. The first-order valence-electron chi connectivity index (χ1n) is 7.68. The van der Waals surface area contributed by atoms with Crippen molar-refractivity contribution in [3.05, 3.63) is 0 Å². The number of ketones is 1. The van der Waals surface area contributed by atoms with Crippen molar-refractivity contribution in [2.24, 2.45) is 11.7 Å². The van der Waals surface area contributed by atoms with Gasteiger partial charge in [-0.3, -0.25) is 14.4 Å². The molecule has 0 rings (SSSR count). The molecule has 0 fully saturated rings. The minimum atomic E-state index is -1.87. The Bertz CT molecular complexity index is 413. The van der Waals surface area contributed by atoms with Crippen LogP contribution in [0, 0.1) is 5.92 Å². The Morgan fingerprint density at radius 3 is 2.14 bits per heavy atom. The van der Waals surface area contributed by atoms with E-state index in [-0.39, 0.29) is 6.42 Å². The van der Waals surface area contributed by atoms with Crippen LogP contribution in [0.3, 0.4) is 0 Å². The zero-order chi connectivity index (χ0) is 17.6. The van der Waals surface area contributed by atoms with Crippen molar-refractivity contribution in [3.8, 4) is 0 Å². The standard InChI is InChI=1S/C16H30N2O4/c1-11(2)8-7-9-12(19)16(17,14(21)18-6)10-13(20)22-15(3,4)5/h11H,7-10,17H2,1-6H3,(H,18,21)/t16-/m1/s1. The van der Waals surface area contributed by atoms with Gasteiger partial charge in [0.2, 0.25) is 5.91 Å². The van der Waals surface area contributed by atoms with Crippen LogP contribution in [0.1, 0.15) is 60.3 Å². The van der Waals surface area contributed by atoms with E-state index in [0.717, 1.165) is 6.42 Å². The number of hydrogen-bond donors (Lipinski definition) is 2. The normalized spacial score (nSPS) is 14.4. The largest absolute Gasteiger partial charge is 0.460 e. The molecule has 0 radical (unpaired) electrons. The maximum atomic E-state index is 12.4. The summed E-state index contributed by atoms with van der Waals surface area (Å²) in [6.45, 7) is 9.26. The third kappa shape index (κ3) is 7.02. The quantitative estimate of drug-likeness (QED) is 0.523. The Morgan fingerprint density at radius 2 is 1.73 bits per heavy atom. The van der Waals surface area contributed by atoms with Crippen LogP contribution in [0.4, 0.5) is 0 Å². The number of Topliss-reactive ketones (excluding diaryl/α,β-unsaturated/α-hetero) is 1. The number of likely N-dealkylation sites (N-methyl/N-ethyl adjacent to an activating group) is 1. The molecule has 6 heteroatoms. The highest BCUT2D eigenvalue weighted by molar-refractivity contribution is 6.12. The fourth-order valence-corrected chi connectivity index (χ4v) is 2.03. The second-order valence-electron chi connectivity index (χ2n) is 7.02. The van der Waals surface area contributed by atoms with Crippen molar-refractivity contribution in [3.63, 3.8) is 0 Å². The summed E-state index contributed by atoms with van der Waals surface area (Å²) in [6.07, 6.45) is 1.22. The van der Waals surface area contributed by atoms with Gasteiger partial charge in [0.15, 0.2) is 11.3 Å². The van der Waals surface area contributed by atoms with E-state index in [0.29, 0.717) is 12.3 Å². The smallest absolute Gasteiger partial charge is 0.309 e. The third-order valence-corrected chi connectivity index (χ3v) is 3.16. The van der Waals surface area contributed by atoms with Gasteiger partial charge in [0.25, 0.3) is 0 Å². The molecule has 0 saturated heterocycles. The Morgan fingerprint density at radius 1 is 1.18 bits per heavy atom. The van der Waals surface area contributed by atoms with Crippen LogP contribution in [-0.4, -0.2) is 35.8 Å². The average Bonchev–Trinajstić information content (AvgIpc) is 2.34. The summed E-state index contributed by atoms with van der Waals surface area (Å²) in [5, 5.41) is 2.36. The van der Waals surface area contributed by atoms with Gasteiger partial charge in [0, 0.05) is 13.5 Å². The molecule has 1 amide bonds. The molecule has 0 bridgehead atoms. The van der Waals surface area contributed by atoms with Gasteiger partial charge < -0.3 is 15.8 Å². The van der Waals surface area contributed by atoms with Crippen LogP contribution in [0.2, 0.25) is 0 Å². The number of nitrogens with two attached hydrogens (primary N) is 1. The van der Waals surface area contributed by atoms with Gasteiger partial charge in [0.1, 0.15) is 5.60 Å². The maximum Gasteiger partial charge on any atom is 0.309 e. The third-order valence-electron chi connectivity index (χ3n) is 3.16. The topological polar surface area (TPSA) is 98.5 Å². The molecule has 0 aromatic rings. The molecule has 3 N–H and O–H groups in total. The predicted molar refractivity (Wildman–Crippen MR) is 85.1 cm³/mol. The molecule has 6 nitrogen and oxygen atoms in total. The number of hydrogen-bond acceptors (Lipinski definition) is 5. The monoisotopic (exact) mass is 314 g/mol. The van der Waals surface area contributed by atoms with Crippen molar-refractivity contribution >= 4 is 17.7 Å². The van der Waals surface area contributed by atoms with Crippen LogP contribution in [-0.2, 0) is 19.1 Å². The number of amides is 1. The molecular formula is C16H30N2O4. The molecule has 0 aliphatic heterocycles. The van der Waals surface area contributed by atoms with Crippen LogP contribution in [0.5, 0.6) is 0 Å². The second-order valence-corrected chi connectivity index (χ2v) is 7.02. The van der Waals surface area contributed by atoms with Gasteiger partial charge >= 0.3 is 5.97 Å². The van der Waals surface area contributed by atoms with Crippen molar-refractivity contribution in [2.45, 2.75) is 71.4 Å². The number of rotatable bonds is 8. The Balaban J connectivity index is 4.96. The minimum Gasteiger partial charge on any atom is -0.460 e. The first-order valence-corrected chi connectivity index (χ1v) is 7.68. The zero-order valence-corrected chi connectivity index (χ0v) is 14.6. The zero-order valence-electron chi connectivity index (χ0n) is 14.6. The van der Waals surface area contributed by atoms with Gasteiger partial charge in [0.05, 0.1) is 6.42 Å². The lowest BCUT2D eigenvalue weighted by Gasteiger charge is -2.27. The van der Waals surface area contributed by atoms with E-state index in [1.807, 2.05) is 0 Å². The lowest BCUT2D eigenvalue weighted by Crippen LogP contribution is -2.60. The van der Waals surface area contributed by atoms with E-state index in [4.69, 9.17) is 10.5 Å². The highest BCUT2D eigenvalue weighted by Gasteiger charge is 2.43. The predicted octanol–water partition coefficient (Wildman–Crippen LogP) is 1.56. The van der Waals surface area contributed by atoms with Crippen molar-refractivity contribution in [2.75, 3.05) is 7.05 Å². The van der Waals surface area contributed by atoms with E-state index in [1.165, 1.54) is 7.05 Å². The van der Waals surface area contributed by atoms with Crippen molar-refractivity contribution < 1.29 is 19.1 Å². The highest BCUT2D eigenvalue weighted by atomic mass is 16.6. The summed E-state index contributed by atoms with van der Waals surface area (Å²) < 4.78 is 5.17. The molecule has 0 aromatic heterocycles. The van der Waals surface area contributed by atoms with Crippen molar-refractivity contribution in [1.82, 2.24) is 5.32 Å². The molecular weight excluding hydrogens is 284 g/mol. The number of nitrogens with one attached hydrogen (secondary N) is 1. The SMILES string of the molecule is CNC(=O)[C@@](N)(CC(=O)OC(C)(C)C)C(=O)CCCC(C)C. The van der Waals surface area contributed by atoms with E-state index in [9.17, 15) is 14.4 Å². The van der Waals surface area contributed by atoms with Gasteiger partial charge in [-0.1, -0.05) is 20.3 Å². The lowest BCUT2D eigenvalue weighted by molar-refractivity contribution is -0.159. The maximum absolute atomic E-state index is 12.4. The van der Waals surface area contributed by atoms with E-state index >= 15 is 0 Å². The molecule has 0 aliphatic carbocycles. The minimum absolute atomic E-state index is 0.172. The van der Waals surface area contributed by atoms with Crippen LogP contribution >= 0.6 is 0 Å². The molecule has 0 aliphatic rings. The molecule has 0 spiro atoms. The fourth-order valence-electron chi connectivity index (χ4n) is 2.03. The Labute approximate surface area is 133 Å². The van der Waals surface area contributed by atoms with Gasteiger partial charge in [-0.05, 0) is 33.1 Å². The summed E-state index contributed by atoms with van der Waals surface area (Å²) >= 11 is 0. The summed E-state index contributed by atoms with van der Waals surface area (Å²) in [4.78, 5) is 36.3. The molecule has 0 aromatic carbocycles. The second kappa shape index (κ2) is 8.27. The summed E-state index contributed by atoms with van der Waals surface area (Å²) in [5.74, 6) is -1.28. The molecule has 0 saturated carbocycles. The Hall–Kier alpha value is -1.43. The summed E-state index contributed by atoms with van der Waals surface area (Å²) in [6, 6.07) is 0. The molecule has 0 unspecified atom stereocenters. The molecule has 22 heavy (non-hydrogen) atoms. The van der Waals surface area contributed by atoms with Crippen molar-refractivity contribution in [1.29, 1.82) is 0 Å². The van der Waals surface area contributed by atoms with Gasteiger partial charge in [-0.2, -0.15) is 0 Å². The lowest BCUT2D eigenvalue weighted by atomic mass is 9.86. The van der Waals surface area contributed by atoms with Gasteiger partial charge in [-0.15, -0.1) is 0 Å². The summed E-state index contributed by atoms with van der Waals surface area (Å²) in [7, 11) is 1.39. The average molecular weight is 314 g/mol. The van der Waals surface area contributed by atoms with Crippen LogP contribution in [0.25, 0.3) is 0 Å². The first-order chi connectivity index (χ1) is 9.92. The van der Waals surface area contributed by atoms with Crippen LogP contribution < -0.4 is 11.1 Å².